The van der Waals surface area contributed by atoms with Gasteiger partial charge in [-0.2, -0.15) is 26.3 Å². The summed E-state index contributed by atoms with van der Waals surface area (Å²) >= 11 is 1.18. The minimum absolute atomic E-state index is 0.478. The molecule has 0 aromatic carbocycles. The van der Waals surface area contributed by atoms with Gasteiger partial charge in [-0.15, -0.1) is 0 Å². The number of hydrogen-bond donors (Lipinski definition) is 1. The van der Waals surface area contributed by atoms with Crippen molar-refractivity contribution in [3.63, 3.8) is 0 Å². The standard InChI is InChI=1S/C8H8F7IO2/c9-6(7(10,11)12,8(13,14)15)3-4(16)1-2-5(17)18/h4H,1-3H2,(H,17,18). The molecule has 0 aliphatic heterocycles. The number of alkyl halides is 8. The zero-order valence-corrected chi connectivity index (χ0v) is 10.7. The van der Waals surface area contributed by atoms with Crippen molar-refractivity contribution in [1.29, 1.82) is 0 Å². The van der Waals surface area contributed by atoms with Crippen LogP contribution in [0.3, 0.4) is 0 Å². The Balaban J connectivity index is 4.89. The van der Waals surface area contributed by atoms with Gasteiger partial charge in [0.25, 0.3) is 5.67 Å². The van der Waals surface area contributed by atoms with Crippen LogP contribution in [0.4, 0.5) is 30.7 Å². The van der Waals surface area contributed by atoms with Crippen molar-refractivity contribution in [2.45, 2.75) is 41.2 Å². The Morgan fingerprint density at radius 2 is 1.44 bits per heavy atom. The molecule has 108 valence electrons. The molecular weight excluding hydrogens is 388 g/mol. The van der Waals surface area contributed by atoms with E-state index in [1.807, 2.05) is 0 Å². The van der Waals surface area contributed by atoms with Gasteiger partial charge in [0.1, 0.15) is 0 Å². The van der Waals surface area contributed by atoms with Crippen LogP contribution in [-0.4, -0.2) is 33.0 Å². The fourth-order valence-corrected chi connectivity index (χ4v) is 2.00. The fraction of sp³-hybridized carbons (Fsp3) is 0.875. The van der Waals surface area contributed by atoms with Crippen LogP contribution >= 0.6 is 22.6 Å². The fourth-order valence-electron chi connectivity index (χ4n) is 1.08. The minimum atomic E-state index is -6.09. The molecule has 10 heteroatoms. The van der Waals surface area contributed by atoms with Crippen LogP contribution < -0.4 is 0 Å². The Morgan fingerprint density at radius 1 is 1.06 bits per heavy atom. The van der Waals surface area contributed by atoms with Gasteiger partial charge in [0, 0.05) is 16.8 Å². The van der Waals surface area contributed by atoms with Crippen molar-refractivity contribution in [3.8, 4) is 0 Å². The Morgan fingerprint density at radius 3 is 1.72 bits per heavy atom. The molecule has 2 nitrogen and oxygen atoms in total. The average Bonchev–Trinajstić information content (AvgIpc) is 2.10. The van der Waals surface area contributed by atoms with E-state index in [9.17, 15) is 35.5 Å². The second-order valence-corrected chi connectivity index (χ2v) is 5.29. The Labute approximate surface area is 111 Å². The maximum absolute atomic E-state index is 13.2. The molecule has 0 amide bonds. The largest absolute Gasteiger partial charge is 0.481 e. The Kier molecular flexibility index (Phi) is 5.69. The monoisotopic (exact) mass is 396 g/mol. The van der Waals surface area contributed by atoms with E-state index in [2.05, 4.69) is 0 Å². The smallest absolute Gasteiger partial charge is 0.431 e. The number of hydrogen-bond acceptors (Lipinski definition) is 1. The number of carbonyl (C=O) groups is 1. The van der Waals surface area contributed by atoms with Gasteiger partial charge in [0.15, 0.2) is 0 Å². The molecule has 0 aromatic rings. The van der Waals surface area contributed by atoms with Gasteiger partial charge < -0.3 is 5.11 Å². The summed E-state index contributed by atoms with van der Waals surface area (Å²) in [6.07, 6.45) is -15.1. The first-order valence-corrected chi connectivity index (χ1v) is 5.74. The molecule has 1 unspecified atom stereocenters. The molecule has 0 aromatic heterocycles. The normalized spacial score (nSPS) is 15.6. The van der Waals surface area contributed by atoms with Crippen molar-refractivity contribution in [2.24, 2.45) is 0 Å². The summed E-state index contributed by atoms with van der Waals surface area (Å²) in [6, 6.07) is 0. The molecule has 0 aliphatic rings. The molecule has 0 rings (SSSR count). The quantitative estimate of drug-likeness (QED) is 0.435. The van der Waals surface area contributed by atoms with E-state index >= 15 is 0 Å². The third-order valence-electron chi connectivity index (χ3n) is 2.07. The minimum Gasteiger partial charge on any atom is -0.481 e. The highest BCUT2D eigenvalue weighted by Gasteiger charge is 2.72. The van der Waals surface area contributed by atoms with Gasteiger partial charge in [-0.1, -0.05) is 22.6 Å². The molecule has 1 N–H and O–H groups in total. The third-order valence-corrected chi connectivity index (χ3v) is 3.14. The van der Waals surface area contributed by atoms with Gasteiger partial charge in [0.2, 0.25) is 0 Å². The number of carboxylic acid groups (broad SMARTS) is 1. The lowest BCUT2D eigenvalue weighted by molar-refractivity contribution is -0.342. The summed E-state index contributed by atoms with van der Waals surface area (Å²) in [7, 11) is 0. The van der Waals surface area contributed by atoms with Gasteiger partial charge in [0.05, 0.1) is 0 Å². The highest BCUT2D eigenvalue weighted by atomic mass is 127. The molecule has 0 heterocycles. The van der Waals surface area contributed by atoms with E-state index in [1.165, 1.54) is 22.6 Å². The summed E-state index contributed by atoms with van der Waals surface area (Å²) in [6.45, 7) is 0. The topological polar surface area (TPSA) is 37.3 Å². The van der Waals surface area contributed by atoms with Crippen molar-refractivity contribution >= 4 is 28.6 Å². The first-order valence-electron chi connectivity index (χ1n) is 4.49. The van der Waals surface area contributed by atoms with Crippen LogP contribution in [0.5, 0.6) is 0 Å². The maximum atomic E-state index is 13.2. The first kappa shape index (κ1) is 17.7. The van der Waals surface area contributed by atoms with Crippen molar-refractivity contribution in [3.05, 3.63) is 0 Å². The lowest BCUT2D eigenvalue weighted by atomic mass is 9.96. The van der Waals surface area contributed by atoms with E-state index in [0.717, 1.165) is 0 Å². The lowest BCUT2D eigenvalue weighted by Gasteiger charge is -2.31. The first-order chi connectivity index (χ1) is 7.81. The van der Waals surface area contributed by atoms with E-state index in [4.69, 9.17) is 5.11 Å². The molecule has 0 saturated carbocycles. The third kappa shape index (κ3) is 4.43. The molecule has 0 saturated heterocycles. The average molecular weight is 396 g/mol. The number of carboxylic acids is 1. The molecular formula is C8H8F7IO2. The van der Waals surface area contributed by atoms with Crippen LogP contribution in [-0.2, 0) is 4.79 Å². The highest BCUT2D eigenvalue weighted by Crippen LogP contribution is 2.50. The Hall–Kier alpha value is -0.290. The summed E-state index contributed by atoms with van der Waals surface area (Å²) in [5.74, 6) is -1.37. The van der Waals surface area contributed by atoms with Crippen LogP contribution in [0, 0.1) is 0 Å². The van der Waals surface area contributed by atoms with Crippen LogP contribution in [0.1, 0.15) is 19.3 Å². The lowest BCUT2D eigenvalue weighted by Crippen LogP contribution is -2.54. The molecule has 0 radical (unpaired) electrons. The molecule has 18 heavy (non-hydrogen) atoms. The number of aliphatic carboxylic acids is 1. The predicted molar refractivity (Wildman–Crippen MR) is 55.2 cm³/mol. The van der Waals surface area contributed by atoms with Gasteiger partial charge in [-0.05, 0) is 6.42 Å². The van der Waals surface area contributed by atoms with E-state index in [1.54, 1.807) is 0 Å². The van der Waals surface area contributed by atoms with E-state index < -0.39 is 47.2 Å². The number of rotatable bonds is 5. The summed E-state index contributed by atoms with van der Waals surface area (Å²) in [5.41, 5.74) is -5.32. The summed E-state index contributed by atoms with van der Waals surface area (Å²) < 4.78 is 84.7. The van der Waals surface area contributed by atoms with Gasteiger partial charge in [-0.25, -0.2) is 4.39 Å². The van der Waals surface area contributed by atoms with Crippen molar-refractivity contribution in [1.82, 2.24) is 0 Å². The SMILES string of the molecule is O=C(O)CCC(I)CC(F)(C(F)(F)F)C(F)(F)F. The second kappa shape index (κ2) is 5.78. The summed E-state index contributed by atoms with van der Waals surface area (Å²) in [4.78, 5) is 10.1. The predicted octanol–water partition coefficient (Wildman–Crippen LogP) is 3.88. The zero-order valence-electron chi connectivity index (χ0n) is 8.58. The van der Waals surface area contributed by atoms with E-state index in [0.29, 0.717) is 0 Å². The van der Waals surface area contributed by atoms with Gasteiger partial charge in [-0.3, -0.25) is 4.79 Å². The number of halogens is 8. The van der Waals surface area contributed by atoms with E-state index in [-0.39, 0.29) is 0 Å². The van der Waals surface area contributed by atoms with Crippen LogP contribution in [0.2, 0.25) is 0 Å². The maximum Gasteiger partial charge on any atom is 0.431 e. The van der Waals surface area contributed by atoms with Crippen molar-refractivity contribution < 1.29 is 40.6 Å². The molecule has 0 fully saturated rings. The van der Waals surface area contributed by atoms with Crippen LogP contribution in [0.15, 0.2) is 0 Å². The van der Waals surface area contributed by atoms with Crippen molar-refractivity contribution in [2.75, 3.05) is 0 Å². The second-order valence-electron chi connectivity index (χ2n) is 3.53. The molecule has 0 bridgehead atoms. The Bertz CT molecular complexity index is 285. The summed E-state index contributed by atoms with van der Waals surface area (Å²) in [5, 5.41) is 8.24. The molecule has 1 atom stereocenters. The molecule has 0 aliphatic carbocycles. The van der Waals surface area contributed by atoms with Crippen LogP contribution in [0.25, 0.3) is 0 Å². The zero-order chi connectivity index (χ0) is 14.8. The van der Waals surface area contributed by atoms with Gasteiger partial charge >= 0.3 is 18.3 Å². The highest BCUT2D eigenvalue weighted by molar-refractivity contribution is 14.1. The molecule has 0 spiro atoms.